The fourth-order valence-corrected chi connectivity index (χ4v) is 4.30. The smallest absolute Gasteiger partial charge is 0.255 e. The molecule has 182 valence electrons. The maximum Gasteiger partial charge on any atom is 0.255 e. The molecular weight excluding hydrogens is 440 g/mol. The molecule has 1 aromatic heterocycles. The van der Waals surface area contributed by atoms with Crippen LogP contribution in [-0.2, 0) is 16.6 Å². The van der Waals surface area contributed by atoms with E-state index in [9.17, 15) is 4.79 Å². The van der Waals surface area contributed by atoms with Gasteiger partial charge in [0.1, 0.15) is 17.2 Å². The largest absolute Gasteiger partial charge is 0.402 e. The number of aryl methyl sites for hydroxylation is 1. The maximum absolute atomic E-state index is 13.8. The SMILES string of the molecule is C=C/N=C1\C(=C(/C)N)C(C(=O)NC2C=CC(COC)=CC2)=C(C#Cc2cncn2C)N1C1(C)CC1. The summed E-state index contributed by atoms with van der Waals surface area (Å²) in [4.78, 5) is 24.6. The number of allylic oxidation sites excluding steroid dienone is 2. The van der Waals surface area contributed by atoms with Gasteiger partial charge < -0.3 is 25.3 Å². The Hall–Kier alpha value is -3.83. The zero-order chi connectivity index (χ0) is 25.2. The molecule has 0 radical (unpaired) electrons. The van der Waals surface area contributed by atoms with Crippen molar-refractivity contribution in [3.8, 4) is 11.8 Å². The molecule has 2 heterocycles. The van der Waals surface area contributed by atoms with Crippen LogP contribution in [0.1, 0.15) is 38.8 Å². The highest BCUT2D eigenvalue weighted by molar-refractivity contribution is 6.19. The first kappa shape index (κ1) is 24.3. The van der Waals surface area contributed by atoms with Crippen LogP contribution in [0.25, 0.3) is 0 Å². The molecule has 8 nitrogen and oxygen atoms in total. The molecule has 3 aliphatic rings. The lowest BCUT2D eigenvalue weighted by Gasteiger charge is -2.27. The Bertz CT molecular complexity index is 1260. The highest BCUT2D eigenvalue weighted by Gasteiger charge is 2.52. The molecule has 0 saturated heterocycles. The van der Waals surface area contributed by atoms with E-state index < -0.39 is 0 Å². The van der Waals surface area contributed by atoms with Crippen LogP contribution in [0.4, 0.5) is 0 Å². The third kappa shape index (κ3) is 4.86. The van der Waals surface area contributed by atoms with Gasteiger partial charge in [-0.05, 0) is 50.5 Å². The lowest BCUT2D eigenvalue weighted by molar-refractivity contribution is -0.117. The van der Waals surface area contributed by atoms with Crippen LogP contribution < -0.4 is 11.1 Å². The second-order valence-corrected chi connectivity index (χ2v) is 9.28. The Morgan fingerprint density at radius 1 is 1.46 bits per heavy atom. The molecule has 1 saturated carbocycles. The second-order valence-electron chi connectivity index (χ2n) is 9.28. The Morgan fingerprint density at radius 3 is 2.77 bits per heavy atom. The summed E-state index contributed by atoms with van der Waals surface area (Å²) < 4.78 is 7.04. The number of nitrogens with one attached hydrogen (secondary N) is 1. The number of carbonyl (C=O) groups is 1. The Kier molecular flexibility index (Phi) is 6.81. The van der Waals surface area contributed by atoms with Gasteiger partial charge in [0.25, 0.3) is 5.91 Å². The highest BCUT2D eigenvalue weighted by atomic mass is 16.5. The molecule has 8 heteroatoms. The molecule has 1 atom stereocenters. The minimum absolute atomic E-state index is 0.147. The van der Waals surface area contributed by atoms with Gasteiger partial charge in [-0.2, -0.15) is 0 Å². The summed E-state index contributed by atoms with van der Waals surface area (Å²) in [6.45, 7) is 8.27. The van der Waals surface area contributed by atoms with Gasteiger partial charge in [-0.3, -0.25) is 4.79 Å². The number of nitrogens with two attached hydrogens (primary N) is 1. The summed E-state index contributed by atoms with van der Waals surface area (Å²) >= 11 is 0. The van der Waals surface area contributed by atoms with E-state index in [0.717, 1.165) is 24.1 Å². The third-order valence-corrected chi connectivity index (χ3v) is 6.42. The van der Waals surface area contributed by atoms with Gasteiger partial charge in [0.05, 0.1) is 36.3 Å². The third-order valence-electron chi connectivity index (χ3n) is 6.42. The van der Waals surface area contributed by atoms with Crippen LogP contribution in [0, 0.1) is 11.8 Å². The van der Waals surface area contributed by atoms with Crippen molar-refractivity contribution in [2.75, 3.05) is 13.7 Å². The lowest BCUT2D eigenvalue weighted by atomic mass is 10.0. The van der Waals surface area contributed by atoms with Crippen LogP contribution in [0.2, 0.25) is 0 Å². The van der Waals surface area contributed by atoms with E-state index in [1.54, 1.807) is 26.6 Å². The molecule has 0 aromatic carbocycles. The Morgan fingerprint density at radius 2 is 2.23 bits per heavy atom. The van der Waals surface area contributed by atoms with Crippen molar-refractivity contribution in [1.29, 1.82) is 0 Å². The van der Waals surface area contributed by atoms with Gasteiger partial charge in [0.15, 0.2) is 0 Å². The van der Waals surface area contributed by atoms with Gasteiger partial charge in [0, 0.05) is 31.6 Å². The predicted octanol–water partition coefficient (Wildman–Crippen LogP) is 2.69. The lowest BCUT2D eigenvalue weighted by Crippen LogP contribution is -2.36. The van der Waals surface area contributed by atoms with Crippen molar-refractivity contribution in [1.82, 2.24) is 19.8 Å². The fraction of sp³-hybridized carbons (Fsp3) is 0.370. The number of methoxy groups -OCH3 is 1. The molecule has 2 aliphatic carbocycles. The number of rotatable bonds is 6. The summed E-state index contributed by atoms with van der Waals surface area (Å²) in [5, 5.41) is 3.15. The molecule has 0 bridgehead atoms. The fourth-order valence-electron chi connectivity index (χ4n) is 4.30. The van der Waals surface area contributed by atoms with E-state index in [2.05, 4.69) is 51.6 Å². The van der Waals surface area contributed by atoms with Crippen LogP contribution in [-0.4, -0.2) is 51.5 Å². The van der Waals surface area contributed by atoms with E-state index in [4.69, 9.17) is 10.5 Å². The summed E-state index contributed by atoms with van der Waals surface area (Å²) in [6.07, 6.45) is 13.5. The van der Waals surface area contributed by atoms with Crippen molar-refractivity contribution >= 4 is 11.7 Å². The molecule has 1 amide bonds. The summed E-state index contributed by atoms with van der Waals surface area (Å²) in [5.74, 6) is 6.83. The van der Waals surface area contributed by atoms with Gasteiger partial charge in [-0.25, -0.2) is 9.98 Å². The zero-order valence-corrected chi connectivity index (χ0v) is 20.8. The van der Waals surface area contributed by atoms with Crippen molar-refractivity contribution in [3.05, 3.63) is 77.3 Å². The Labute approximate surface area is 206 Å². The average molecular weight is 473 g/mol. The number of aromatic nitrogens is 2. The quantitative estimate of drug-likeness (QED) is 0.621. The highest BCUT2D eigenvalue weighted by Crippen LogP contribution is 2.48. The van der Waals surface area contributed by atoms with Gasteiger partial charge in [-0.15, -0.1) is 0 Å². The number of aliphatic imine (C=N–C) groups is 1. The number of ether oxygens (including phenoxy) is 1. The summed E-state index contributed by atoms with van der Waals surface area (Å²) in [5.41, 5.74) is 10.1. The first-order valence-electron chi connectivity index (χ1n) is 11.6. The Balaban J connectivity index is 1.79. The number of imidazole rings is 1. The van der Waals surface area contributed by atoms with E-state index in [-0.39, 0.29) is 17.5 Å². The number of amidine groups is 1. The van der Waals surface area contributed by atoms with Crippen molar-refractivity contribution < 1.29 is 9.53 Å². The van der Waals surface area contributed by atoms with Crippen molar-refractivity contribution in [2.24, 2.45) is 17.8 Å². The molecule has 1 aromatic rings. The topological polar surface area (TPSA) is 97.8 Å². The molecule has 1 fully saturated rings. The predicted molar refractivity (Wildman–Crippen MR) is 137 cm³/mol. The van der Waals surface area contributed by atoms with Crippen LogP contribution in [0.3, 0.4) is 0 Å². The van der Waals surface area contributed by atoms with E-state index in [1.165, 1.54) is 6.20 Å². The molecular formula is C27H32N6O2. The van der Waals surface area contributed by atoms with Crippen LogP contribution in [0.5, 0.6) is 0 Å². The number of hydrogen-bond acceptors (Lipinski definition) is 5. The maximum atomic E-state index is 13.8. The van der Waals surface area contributed by atoms with Crippen molar-refractivity contribution in [3.63, 3.8) is 0 Å². The van der Waals surface area contributed by atoms with E-state index >= 15 is 0 Å². The molecule has 1 aliphatic heterocycles. The molecule has 35 heavy (non-hydrogen) atoms. The molecule has 1 unspecified atom stereocenters. The van der Waals surface area contributed by atoms with E-state index in [1.807, 2.05) is 23.8 Å². The minimum Gasteiger partial charge on any atom is -0.402 e. The molecule has 3 N–H and O–H groups in total. The number of amides is 1. The molecule has 4 rings (SSSR count). The van der Waals surface area contributed by atoms with Crippen molar-refractivity contribution in [2.45, 2.75) is 44.7 Å². The first-order valence-corrected chi connectivity index (χ1v) is 11.6. The number of nitrogens with zero attached hydrogens (tertiary/aromatic N) is 4. The standard InChI is InChI=1S/C27H32N6O2/c1-6-30-25-23(18(2)28)24(26(34)31-20-9-7-19(8-10-20)16-35-5)22(33(25)27(3)13-14-27)12-11-21-15-29-17-32(21)4/h6-9,15,17,20H,1,10,13-14,16,28H2,2-5H3,(H,31,34)/b23-18+,30-25+. The molecule has 0 spiro atoms. The van der Waals surface area contributed by atoms with Crippen LogP contribution >= 0.6 is 0 Å². The van der Waals surface area contributed by atoms with Gasteiger partial charge in [0.2, 0.25) is 0 Å². The number of hydrogen-bond donors (Lipinski definition) is 2. The zero-order valence-electron chi connectivity index (χ0n) is 20.8. The van der Waals surface area contributed by atoms with Crippen LogP contribution in [0.15, 0.2) is 76.6 Å². The van der Waals surface area contributed by atoms with Gasteiger partial charge in [-0.1, -0.05) is 24.8 Å². The van der Waals surface area contributed by atoms with Gasteiger partial charge >= 0.3 is 0 Å². The summed E-state index contributed by atoms with van der Waals surface area (Å²) in [7, 11) is 3.55. The first-order chi connectivity index (χ1) is 16.8. The normalized spacial score (nSPS) is 23.1. The average Bonchev–Trinajstić information content (AvgIpc) is 3.28. The summed E-state index contributed by atoms with van der Waals surface area (Å²) in [6, 6.07) is -0.147. The van der Waals surface area contributed by atoms with E-state index in [0.29, 0.717) is 41.4 Å². The minimum atomic E-state index is -0.235. The number of carbonyl (C=O) groups excluding carboxylic acids is 1. The second kappa shape index (κ2) is 9.80. The monoisotopic (exact) mass is 472 g/mol.